The maximum absolute atomic E-state index is 10.9. The molecule has 0 spiro atoms. The lowest BCUT2D eigenvalue weighted by molar-refractivity contribution is -0.139. The second-order valence-corrected chi connectivity index (χ2v) is 3.96. The van der Waals surface area contributed by atoms with Crippen LogP contribution in [0, 0.1) is 0 Å². The molecule has 0 amide bonds. The molecule has 1 unspecified atom stereocenters. The maximum Gasteiger partial charge on any atom is 0.320 e. The molecule has 0 aliphatic rings. The Morgan fingerprint density at radius 2 is 2.00 bits per heavy atom. The molecular weight excluding hydrogens is 218 g/mol. The van der Waals surface area contributed by atoms with Crippen LogP contribution in [-0.4, -0.2) is 24.2 Å². The molecule has 17 heavy (non-hydrogen) atoms. The van der Waals surface area contributed by atoms with Gasteiger partial charge in [-0.2, -0.15) is 0 Å². The van der Waals surface area contributed by atoms with Gasteiger partial charge in [-0.3, -0.25) is 10.1 Å². The van der Waals surface area contributed by atoms with Gasteiger partial charge in [0.2, 0.25) is 0 Å². The van der Waals surface area contributed by atoms with Crippen LogP contribution in [0.1, 0.15) is 31.9 Å². The number of carboxylic acids is 1. The highest BCUT2D eigenvalue weighted by atomic mass is 16.5. The minimum absolute atomic E-state index is 0.00181. The summed E-state index contributed by atoms with van der Waals surface area (Å²) in [6.07, 6.45) is 0.565. The number of nitrogens with one attached hydrogen (secondary N) is 1. The summed E-state index contributed by atoms with van der Waals surface area (Å²) in [5, 5.41) is 12.0. The van der Waals surface area contributed by atoms with Crippen molar-refractivity contribution in [3.8, 4) is 5.75 Å². The lowest BCUT2D eigenvalue weighted by Gasteiger charge is -2.19. The summed E-state index contributed by atoms with van der Waals surface area (Å²) in [6, 6.07) is 7.11. The van der Waals surface area contributed by atoms with Crippen LogP contribution in [0.2, 0.25) is 0 Å². The fourth-order valence-corrected chi connectivity index (χ4v) is 1.65. The van der Waals surface area contributed by atoms with Crippen molar-refractivity contribution in [2.75, 3.05) is 7.11 Å². The fourth-order valence-electron chi connectivity index (χ4n) is 1.65. The van der Waals surface area contributed by atoms with Crippen LogP contribution in [0.4, 0.5) is 0 Å². The highest BCUT2D eigenvalue weighted by Gasteiger charge is 2.17. The van der Waals surface area contributed by atoms with E-state index < -0.39 is 12.0 Å². The summed E-state index contributed by atoms with van der Waals surface area (Å²) >= 11 is 0. The molecule has 0 aliphatic carbocycles. The van der Waals surface area contributed by atoms with Crippen molar-refractivity contribution in [2.24, 2.45) is 0 Å². The maximum atomic E-state index is 10.9. The van der Waals surface area contributed by atoms with Crippen molar-refractivity contribution in [2.45, 2.75) is 32.4 Å². The number of rotatable bonds is 6. The minimum Gasteiger partial charge on any atom is -0.497 e. The minimum atomic E-state index is -0.812. The molecule has 0 bridgehead atoms. The molecule has 1 rings (SSSR count). The molecule has 0 radical (unpaired) electrons. The highest BCUT2D eigenvalue weighted by Crippen LogP contribution is 2.18. The van der Waals surface area contributed by atoms with Gasteiger partial charge in [0.1, 0.15) is 11.8 Å². The van der Waals surface area contributed by atoms with Crippen LogP contribution in [0.5, 0.6) is 5.75 Å². The monoisotopic (exact) mass is 237 g/mol. The average Bonchev–Trinajstić information content (AvgIpc) is 2.35. The first kappa shape index (κ1) is 13.5. The molecule has 2 atom stereocenters. The van der Waals surface area contributed by atoms with Gasteiger partial charge in [-0.15, -0.1) is 0 Å². The standard InChI is InChI=1S/C13H19NO3/c1-4-12(13(15)16)14-9(2)10-5-7-11(17-3)8-6-10/h5-9,12,14H,4H2,1-3H3,(H,15,16)/t9-,12?/m0/s1. The summed E-state index contributed by atoms with van der Waals surface area (Å²) in [6.45, 7) is 3.81. The van der Waals surface area contributed by atoms with Gasteiger partial charge >= 0.3 is 5.97 Å². The number of aliphatic carboxylic acids is 1. The van der Waals surface area contributed by atoms with E-state index in [-0.39, 0.29) is 6.04 Å². The molecular formula is C13H19NO3. The predicted molar refractivity (Wildman–Crippen MR) is 66.3 cm³/mol. The van der Waals surface area contributed by atoms with Crippen LogP contribution >= 0.6 is 0 Å². The van der Waals surface area contributed by atoms with Gasteiger partial charge in [-0.05, 0) is 31.0 Å². The summed E-state index contributed by atoms with van der Waals surface area (Å²) in [5.74, 6) is -0.0147. The molecule has 0 saturated heterocycles. The highest BCUT2D eigenvalue weighted by molar-refractivity contribution is 5.73. The predicted octanol–water partition coefficient (Wildman–Crippen LogP) is 2.21. The molecule has 0 fully saturated rings. The first-order valence-corrected chi connectivity index (χ1v) is 5.71. The second-order valence-electron chi connectivity index (χ2n) is 3.96. The first-order chi connectivity index (χ1) is 8.08. The Bertz CT molecular complexity index is 361. The van der Waals surface area contributed by atoms with Gasteiger partial charge in [-0.25, -0.2) is 0 Å². The van der Waals surface area contributed by atoms with Gasteiger partial charge in [0.15, 0.2) is 0 Å². The number of carboxylic acid groups (broad SMARTS) is 1. The van der Waals surface area contributed by atoms with E-state index in [9.17, 15) is 4.79 Å². The number of ether oxygens (including phenoxy) is 1. The van der Waals surface area contributed by atoms with E-state index >= 15 is 0 Å². The van der Waals surface area contributed by atoms with Crippen LogP contribution < -0.4 is 10.1 Å². The van der Waals surface area contributed by atoms with Gasteiger partial charge < -0.3 is 9.84 Å². The Kier molecular flexibility index (Phi) is 4.97. The van der Waals surface area contributed by atoms with Crippen molar-refractivity contribution < 1.29 is 14.6 Å². The first-order valence-electron chi connectivity index (χ1n) is 5.71. The number of hydrogen-bond acceptors (Lipinski definition) is 3. The van der Waals surface area contributed by atoms with Crippen LogP contribution in [0.15, 0.2) is 24.3 Å². The van der Waals surface area contributed by atoms with Gasteiger partial charge in [0, 0.05) is 6.04 Å². The van der Waals surface area contributed by atoms with Crippen molar-refractivity contribution >= 4 is 5.97 Å². The van der Waals surface area contributed by atoms with E-state index in [0.29, 0.717) is 6.42 Å². The smallest absolute Gasteiger partial charge is 0.320 e. The van der Waals surface area contributed by atoms with Crippen LogP contribution in [-0.2, 0) is 4.79 Å². The van der Waals surface area contributed by atoms with Crippen LogP contribution in [0.25, 0.3) is 0 Å². The third-order valence-electron chi connectivity index (χ3n) is 2.77. The molecule has 0 heterocycles. The number of carbonyl (C=O) groups is 1. The molecule has 4 nitrogen and oxygen atoms in total. The molecule has 0 aliphatic heterocycles. The van der Waals surface area contributed by atoms with Gasteiger partial charge in [0.05, 0.1) is 7.11 Å². The molecule has 94 valence electrons. The number of benzene rings is 1. The zero-order valence-corrected chi connectivity index (χ0v) is 10.4. The third kappa shape index (κ3) is 3.75. The summed E-state index contributed by atoms with van der Waals surface area (Å²) in [4.78, 5) is 10.9. The lowest BCUT2D eigenvalue weighted by Crippen LogP contribution is -2.37. The van der Waals surface area contributed by atoms with Crippen molar-refractivity contribution in [3.05, 3.63) is 29.8 Å². The van der Waals surface area contributed by atoms with Gasteiger partial charge in [-0.1, -0.05) is 19.1 Å². The summed E-state index contributed by atoms with van der Waals surface area (Å²) < 4.78 is 5.07. The zero-order chi connectivity index (χ0) is 12.8. The second kappa shape index (κ2) is 6.25. The Hall–Kier alpha value is -1.55. The topological polar surface area (TPSA) is 58.6 Å². The van der Waals surface area contributed by atoms with E-state index in [4.69, 9.17) is 9.84 Å². The number of methoxy groups -OCH3 is 1. The average molecular weight is 237 g/mol. The summed E-state index contributed by atoms with van der Waals surface area (Å²) in [7, 11) is 1.62. The molecule has 0 saturated carbocycles. The fraction of sp³-hybridized carbons (Fsp3) is 0.462. The third-order valence-corrected chi connectivity index (χ3v) is 2.77. The normalized spacial score (nSPS) is 14.1. The Morgan fingerprint density at radius 1 is 1.41 bits per heavy atom. The van der Waals surface area contributed by atoms with Crippen molar-refractivity contribution in [1.82, 2.24) is 5.32 Å². The van der Waals surface area contributed by atoms with Crippen molar-refractivity contribution in [3.63, 3.8) is 0 Å². The van der Waals surface area contributed by atoms with Crippen LogP contribution in [0.3, 0.4) is 0 Å². The summed E-state index contributed by atoms with van der Waals surface area (Å²) in [5.41, 5.74) is 1.05. The molecule has 0 aromatic heterocycles. The number of hydrogen-bond donors (Lipinski definition) is 2. The van der Waals surface area contributed by atoms with E-state index in [0.717, 1.165) is 11.3 Å². The van der Waals surface area contributed by atoms with E-state index in [1.165, 1.54) is 0 Å². The molecule has 1 aromatic carbocycles. The SMILES string of the molecule is CCC(N[C@@H](C)c1ccc(OC)cc1)C(=O)O. The van der Waals surface area contributed by atoms with Gasteiger partial charge in [0.25, 0.3) is 0 Å². The quantitative estimate of drug-likeness (QED) is 0.796. The van der Waals surface area contributed by atoms with E-state index in [1.54, 1.807) is 7.11 Å². The molecule has 4 heteroatoms. The van der Waals surface area contributed by atoms with Crippen molar-refractivity contribution in [1.29, 1.82) is 0 Å². The lowest BCUT2D eigenvalue weighted by atomic mass is 10.1. The zero-order valence-electron chi connectivity index (χ0n) is 10.4. The van der Waals surface area contributed by atoms with E-state index in [1.807, 2.05) is 38.1 Å². The Labute approximate surface area is 102 Å². The Morgan fingerprint density at radius 3 is 2.41 bits per heavy atom. The van der Waals surface area contributed by atoms with E-state index in [2.05, 4.69) is 5.32 Å². The largest absolute Gasteiger partial charge is 0.497 e. The Balaban J connectivity index is 2.68. The molecule has 1 aromatic rings. The molecule has 2 N–H and O–H groups in total.